The highest BCUT2D eigenvalue weighted by Crippen LogP contribution is 2.31. The molecule has 140 valence electrons. The van der Waals surface area contributed by atoms with Crippen molar-refractivity contribution in [2.45, 2.75) is 57.2 Å². The van der Waals surface area contributed by atoms with Crippen LogP contribution in [0, 0.1) is 0 Å². The molecule has 1 aromatic heterocycles. The fraction of sp³-hybridized carbons (Fsp3) is 0.632. The minimum atomic E-state index is -0.476. The standard InChI is InChI=1S/C19H26N4O3/c1-13-10-17(26-20-13)19(25)23-12-15-5-6-16(23)11-22(15)18(24)8-7-14-4-3-9-21(14)2/h3-4,9,15-17H,5-8,10-12H2,1-2H3. The Bertz CT molecular complexity index is 741. The molecule has 7 nitrogen and oxygen atoms in total. The molecule has 0 aliphatic carbocycles. The molecule has 3 unspecified atom stereocenters. The van der Waals surface area contributed by atoms with Gasteiger partial charge < -0.3 is 19.2 Å². The normalized spacial score (nSPS) is 27.5. The number of oxime groups is 1. The van der Waals surface area contributed by atoms with Gasteiger partial charge in [0.05, 0.1) is 5.71 Å². The topological polar surface area (TPSA) is 67.1 Å². The van der Waals surface area contributed by atoms with Crippen LogP contribution in [0.4, 0.5) is 0 Å². The number of aryl methyl sites for hydroxylation is 2. The highest BCUT2D eigenvalue weighted by Gasteiger charge is 2.45. The summed E-state index contributed by atoms with van der Waals surface area (Å²) in [5.74, 6) is 0.223. The molecule has 4 aliphatic rings. The lowest BCUT2D eigenvalue weighted by Gasteiger charge is -2.51. The second kappa shape index (κ2) is 6.78. The molecule has 0 aromatic carbocycles. The van der Waals surface area contributed by atoms with Gasteiger partial charge in [0, 0.05) is 57.0 Å². The van der Waals surface area contributed by atoms with E-state index in [4.69, 9.17) is 4.84 Å². The van der Waals surface area contributed by atoms with Gasteiger partial charge in [-0.3, -0.25) is 9.59 Å². The van der Waals surface area contributed by atoms with Gasteiger partial charge in [0.2, 0.25) is 12.0 Å². The van der Waals surface area contributed by atoms with Crippen molar-refractivity contribution in [3.63, 3.8) is 0 Å². The van der Waals surface area contributed by atoms with E-state index in [0.29, 0.717) is 25.9 Å². The maximum atomic E-state index is 12.8. The van der Waals surface area contributed by atoms with Crippen LogP contribution in [0.5, 0.6) is 0 Å². The molecule has 0 N–H and O–H groups in total. The molecule has 3 saturated heterocycles. The molecule has 0 radical (unpaired) electrons. The molecular weight excluding hydrogens is 332 g/mol. The third-order valence-electron chi connectivity index (χ3n) is 5.87. The zero-order valence-corrected chi connectivity index (χ0v) is 15.4. The first-order valence-corrected chi connectivity index (χ1v) is 9.42. The predicted octanol–water partition coefficient (Wildman–Crippen LogP) is 1.32. The maximum absolute atomic E-state index is 12.8. The van der Waals surface area contributed by atoms with Crippen LogP contribution >= 0.6 is 0 Å². The fourth-order valence-electron chi connectivity index (χ4n) is 4.35. The molecule has 3 fully saturated rings. The average molecular weight is 358 g/mol. The third-order valence-corrected chi connectivity index (χ3v) is 5.87. The van der Waals surface area contributed by atoms with E-state index < -0.39 is 6.10 Å². The molecule has 2 amide bonds. The molecule has 4 aliphatic heterocycles. The number of carbonyl (C=O) groups is 2. The second-order valence-corrected chi connectivity index (χ2v) is 7.66. The molecule has 0 spiro atoms. The predicted molar refractivity (Wildman–Crippen MR) is 96.6 cm³/mol. The summed E-state index contributed by atoms with van der Waals surface area (Å²) in [6.07, 6.45) is 5.32. The lowest BCUT2D eigenvalue weighted by Crippen LogP contribution is -2.66. The molecule has 1 aromatic rings. The van der Waals surface area contributed by atoms with Gasteiger partial charge >= 0.3 is 0 Å². The van der Waals surface area contributed by atoms with E-state index in [1.165, 1.54) is 5.69 Å². The molecule has 5 heterocycles. The number of hydrogen-bond acceptors (Lipinski definition) is 4. The van der Waals surface area contributed by atoms with Crippen molar-refractivity contribution in [2.75, 3.05) is 13.1 Å². The molecule has 26 heavy (non-hydrogen) atoms. The van der Waals surface area contributed by atoms with E-state index in [9.17, 15) is 9.59 Å². The first-order chi connectivity index (χ1) is 12.5. The van der Waals surface area contributed by atoms with Gasteiger partial charge in [-0.1, -0.05) is 5.16 Å². The summed E-state index contributed by atoms with van der Waals surface area (Å²) in [6.45, 7) is 3.15. The van der Waals surface area contributed by atoms with Crippen molar-refractivity contribution >= 4 is 17.5 Å². The Morgan fingerprint density at radius 3 is 2.54 bits per heavy atom. The number of hydrogen-bond donors (Lipinski definition) is 0. The van der Waals surface area contributed by atoms with Crippen LogP contribution < -0.4 is 0 Å². The number of carbonyl (C=O) groups excluding carboxylic acids is 2. The summed E-state index contributed by atoms with van der Waals surface area (Å²) >= 11 is 0. The lowest BCUT2D eigenvalue weighted by molar-refractivity contribution is -0.158. The zero-order valence-electron chi connectivity index (χ0n) is 15.4. The molecular formula is C19H26N4O3. The van der Waals surface area contributed by atoms with Gasteiger partial charge in [-0.25, -0.2) is 0 Å². The Kier molecular flexibility index (Phi) is 4.46. The summed E-state index contributed by atoms with van der Waals surface area (Å²) < 4.78 is 2.06. The van der Waals surface area contributed by atoms with Crippen molar-refractivity contribution < 1.29 is 14.4 Å². The van der Waals surface area contributed by atoms with E-state index in [1.54, 1.807) is 0 Å². The summed E-state index contributed by atoms with van der Waals surface area (Å²) in [6, 6.07) is 4.30. The van der Waals surface area contributed by atoms with Crippen LogP contribution in [0.1, 0.15) is 38.3 Å². The zero-order chi connectivity index (χ0) is 18.3. The minimum Gasteiger partial charge on any atom is -0.382 e. The third kappa shape index (κ3) is 3.10. The van der Waals surface area contributed by atoms with Gasteiger partial charge in [-0.15, -0.1) is 0 Å². The van der Waals surface area contributed by atoms with Crippen molar-refractivity contribution in [1.82, 2.24) is 14.4 Å². The molecule has 2 bridgehead atoms. The lowest BCUT2D eigenvalue weighted by atomic mass is 9.89. The summed E-state index contributed by atoms with van der Waals surface area (Å²) in [4.78, 5) is 34.7. The SMILES string of the molecule is CC1=NOC(C(=O)N2CC3CCC2CN3C(=O)CCc2cccn2C)C1. The van der Waals surface area contributed by atoms with Gasteiger partial charge in [0.1, 0.15) is 0 Å². The van der Waals surface area contributed by atoms with Crippen molar-refractivity contribution in [2.24, 2.45) is 12.2 Å². The van der Waals surface area contributed by atoms with Crippen LogP contribution in [0.3, 0.4) is 0 Å². The number of piperazine rings is 1. The van der Waals surface area contributed by atoms with Crippen LogP contribution in [0.15, 0.2) is 23.5 Å². The van der Waals surface area contributed by atoms with Gasteiger partial charge in [-0.2, -0.15) is 0 Å². The number of nitrogens with zero attached hydrogens (tertiary/aromatic N) is 4. The van der Waals surface area contributed by atoms with Gasteiger partial charge in [-0.05, 0) is 38.3 Å². The summed E-state index contributed by atoms with van der Waals surface area (Å²) in [7, 11) is 2.00. The Labute approximate surface area is 153 Å². The number of amides is 2. The van der Waals surface area contributed by atoms with E-state index in [2.05, 4.69) is 15.8 Å². The molecule has 3 atom stereocenters. The van der Waals surface area contributed by atoms with Crippen molar-refractivity contribution in [3.05, 3.63) is 24.0 Å². The van der Waals surface area contributed by atoms with E-state index in [1.807, 2.05) is 36.0 Å². The first-order valence-electron chi connectivity index (χ1n) is 9.42. The van der Waals surface area contributed by atoms with E-state index in [-0.39, 0.29) is 23.9 Å². The molecule has 5 rings (SSSR count). The average Bonchev–Trinajstić information content (AvgIpc) is 3.27. The Balaban J connectivity index is 1.35. The van der Waals surface area contributed by atoms with Crippen LogP contribution in [0.2, 0.25) is 0 Å². The van der Waals surface area contributed by atoms with Gasteiger partial charge in [0.15, 0.2) is 0 Å². The number of rotatable bonds is 4. The molecule has 0 saturated carbocycles. The quantitative estimate of drug-likeness (QED) is 0.815. The highest BCUT2D eigenvalue weighted by atomic mass is 16.6. The fourth-order valence-corrected chi connectivity index (χ4v) is 4.35. The van der Waals surface area contributed by atoms with Crippen molar-refractivity contribution in [1.29, 1.82) is 0 Å². The van der Waals surface area contributed by atoms with Crippen LogP contribution in [-0.4, -0.2) is 63.2 Å². The monoisotopic (exact) mass is 358 g/mol. The number of fused-ring (bicyclic) bond motifs is 3. The Morgan fingerprint density at radius 1 is 1.23 bits per heavy atom. The van der Waals surface area contributed by atoms with Crippen molar-refractivity contribution in [3.8, 4) is 0 Å². The molecule has 7 heteroatoms. The first kappa shape index (κ1) is 17.1. The summed E-state index contributed by atoms with van der Waals surface area (Å²) in [5.41, 5.74) is 2.04. The maximum Gasteiger partial charge on any atom is 0.267 e. The van der Waals surface area contributed by atoms with Crippen LogP contribution in [-0.2, 0) is 27.9 Å². The number of piperidine rings is 2. The highest BCUT2D eigenvalue weighted by molar-refractivity contribution is 5.92. The number of aromatic nitrogens is 1. The van der Waals surface area contributed by atoms with E-state index >= 15 is 0 Å². The second-order valence-electron chi connectivity index (χ2n) is 7.66. The summed E-state index contributed by atoms with van der Waals surface area (Å²) in [5, 5.41) is 3.90. The van der Waals surface area contributed by atoms with Crippen LogP contribution in [0.25, 0.3) is 0 Å². The van der Waals surface area contributed by atoms with E-state index in [0.717, 1.165) is 25.0 Å². The largest absolute Gasteiger partial charge is 0.382 e. The smallest absolute Gasteiger partial charge is 0.267 e. The Hall–Kier alpha value is -2.31. The minimum absolute atomic E-state index is 0.0243. The Morgan fingerprint density at radius 2 is 1.96 bits per heavy atom. The van der Waals surface area contributed by atoms with Gasteiger partial charge in [0.25, 0.3) is 5.91 Å².